The number of nitrogens with zero attached hydrogens (tertiary/aromatic N) is 1. The van der Waals surface area contributed by atoms with E-state index in [1.165, 1.54) is 6.92 Å². The fourth-order valence-electron chi connectivity index (χ4n) is 2.86. The summed E-state index contributed by atoms with van der Waals surface area (Å²) in [7, 11) is 0. The summed E-state index contributed by atoms with van der Waals surface area (Å²) in [6.45, 7) is 0.918. The van der Waals surface area contributed by atoms with E-state index < -0.39 is 70.9 Å². The average molecular weight is 349 g/mol. The Morgan fingerprint density at radius 3 is 2.29 bits per heavy atom. The van der Waals surface area contributed by atoms with Gasteiger partial charge in [0, 0.05) is 13.0 Å². The van der Waals surface area contributed by atoms with E-state index in [9.17, 15) is 31.5 Å². The zero-order valence-electron chi connectivity index (χ0n) is 12.4. The van der Waals surface area contributed by atoms with E-state index in [0.29, 0.717) is 0 Å². The molecule has 1 aliphatic carbocycles. The molecule has 130 valence electrons. The number of fused-ring (bicyclic) bond motifs is 1. The number of rotatable bonds is 3. The number of carbonyl (C=O) groups is 2. The molecule has 24 heavy (non-hydrogen) atoms. The molecule has 0 N–H and O–H groups in total. The Morgan fingerprint density at radius 1 is 1.17 bits per heavy atom. The van der Waals surface area contributed by atoms with Crippen molar-refractivity contribution in [2.75, 3.05) is 18.1 Å². The first kappa shape index (κ1) is 16.7. The predicted molar refractivity (Wildman–Crippen MR) is 71.4 cm³/mol. The smallest absolute Gasteiger partial charge is 0.318 e. The highest BCUT2D eigenvalue weighted by Crippen LogP contribution is 2.43. The number of halogens is 5. The molecule has 1 aromatic carbocycles. The van der Waals surface area contributed by atoms with E-state index in [0.717, 1.165) is 4.90 Å². The first-order valence-electron chi connectivity index (χ1n) is 7.27. The normalized spacial score (nSPS) is 25.5. The van der Waals surface area contributed by atoms with Crippen molar-refractivity contribution in [3.63, 3.8) is 0 Å². The lowest BCUT2D eigenvalue weighted by atomic mass is 9.89. The van der Waals surface area contributed by atoms with Crippen molar-refractivity contribution in [3.05, 3.63) is 28.8 Å². The summed E-state index contributed by atoms with van der Waals surface area (Å²) in [5, 5.41) is 0. The van der Waals surface area contributed by atoms with Crippen LogP contribution in [0.4, 0.5) is 27.6 Å². The highest BCUT2D eigenvalue weighted by atomic mass is 19.2. The number of hydrogen-bond donors (Lipinski definition) is 0. The van der Waals surface area contributed by atoms with Crippen molar-refractivity contribution in [2.24, 2.45) is 5.92 Å². The van der Waals surface area contributed by atoms with Gasteiger partial charge >= 0.3 is 5.97 Å². The Bertz CT molecular complexity index is 739. The third kappa shape index (κ3) is 2.33. The number of ether oxygens (including phenoxy) is 1. The van der Waals surface area contributed by atoms with E-state index in [1.54, 1.807) is 0 Å². The summed E-state index contributed by atoms with van der Waals surface area (Å²) in [5.74, 6) is -11.7. The molecule has 1 heterocycles. The quantitative estimate of drug-likeness (QED) is 0.277. The summed E-state index contributed by atoms with van der Waals surface area (Å²) in [4.78, 5) is 25.1. The number of ketones is 1. The van der Waals surface area contributed by atoms with Crippen molar-refractivity contribution < 1.29 is 36.3 Å². The summed E-state index contributed by atoms with van der Waals surface area (Å²) < 4.78 is 73.3. The molecule has 0 aromatic heterocycles. The molecule has 9 heteroatoms. The molecule has 0 spiro atoms. The Morgan fingerprint density at radius 2 is 1.75 bits per heavy atom. The lowest BCUT2D eigenvalue weighted by Gasteiger charge is -2.34. The molecule has 4 nitrogen and oxygen atoms in total. The lowest BCUT2D eigenvalue weighted by molar-refractivity contribution is -0.145. The second-order valence-electron chi connectivity index (χ2n) is 5.62. The van der Waals surface area contributed by atoms with Crippen LogP contribution in [0.1, 0.15) is 23.7 Å². The number of Topliss-reactive ketones (excluding diaryl/α,β-unsaturated/α-hetero) is 1. The van der Waals surface area contributed by atoms with Gasteiger partial charge in [-0.1, -0.05) is 0 Å². The zero-order chi connectivity index (χ0) is 17.8. The van der Waals surface area contributed by atoms with Crippen LogP contribution >= 0.6 is 0 Å². The van der Waals surface area contributed by atoms with Gasteiger partial charge in [-0.15, -0.1) is 0 Å². The molecule has 3 atom stereocenters. The number of benzene rings is 1. The third-order valence-corrected chi connectivity index (χ3v) is 4.12. The molecule has 2 aliphatic rings. The summed E-state index contributed by atoms with van der Waals surface area (Å²) in [6.07, 6.45) is -1.45. The Kier molecular flexibility index (Phi) is 3.97. The van der Waals surface area contributed by atoms with Crippen LogP contribution in [0.15, 0.2) is 0 Å². The van der Waals surface area contributed by atoms with Crippen LogP contribution in [-0.2, 0) is 9.53 Å². The molecule has 0 amide bonds. The molecule has 1 aromatic rings. The summed E-state index contributed by atoms with van der Waals surface area (Å²) in [6, 6.07) is -0.937. The predicted octanol–water partition coefficient (Wildman–Crippen LogP) is 2.54. The van der Waals surface area contributed by atoms with Crippen molar-refractivity contribution in [2.45, 2.75) is 25.6 Å². The Balaban J connectivity index is 2.17. The monoisotopic (exact) mass is 349 g/mol. The third-order valence-electron chi connectivity index (χ3n) is 4.12. The molecule has 0 saturated heterocycles. The van der Waals surface area contributed by atoms with Gasteiger partial charge in [0.1, 0.15) is 12.1 Å². The first-order valence-corrected chi connectivity index (χ1v) is 7.27. The maximum Gasteiger partial charge on any atom is 0.318 e. The van der Waals surface area contributed by atoms with Gasteiger partial charge in [-0.3, -0.25) is 9.59 Å². The second-order valence-corrected chi connectivity index (χ2v) is 5.62. The average Bonchev–Trinajstić information content (AvgIpc) is 3.27. The second kappa shape index (κ2) is 5.71. The SMILES string of the molecule is CCOC(=O)C1CN(C2CC2F)c2c(F)c(F)c(F)c(F)c2C1=O. The van der Waals surface area contributed by atoms with Gasteiger partial charge in [0.05, 0.1) is 23.9 Å². The van der Waals surface area contributed by atoms with Gasteiger partial charge in [0.2, 0.25) is 0 Å². The Labute approximate surface area is 133 Å². The van der Waals surface area contributed by atoms with Crippen LogP contribution in [-0.4, -0.2) is 37.1 Å². The standard InChI is InChI=1S/C15H12F5NO3/c1-2-24-15(23)5-4-21(7-3-6(7)16)13-8(14(5)22)9(17)10(18)11(19)12(13)20/h5-7H,2-4H2,1H3. The summed E-state index contributed by atoms with van der Waals surface area (Å²) in [5.41, 5.74) is -1.93. The first-order chi connectivity index (χ1) is 11.3. The fraction of sp³-hybridized carbons (Fsp3) is 0.467. The van der Waals surface area contributed by atoms with E-state index in [1.807, 2.05) is 0 Å². The Hall–Kier alpha value is -2.19. The molecular weight excluding hydrogens is 337 g/mol. The van der Waals surface area contributed by atoms with Gasteiger partial charge in [-0.25, -0.2) is 22.0 Å². The van der Waals surface area contributed by atoms with Crippen molar-refractivity contribution in [1.29, 1.82) is 0 Å². The van der Waals surface area contributed by atoms with E-state index in [4.69, 9.17) is 4.74 Å². The summed E-state index contributed by atoms with van der Waals surface area (Å²) >= 11 is 0. The number of carbonyl (C=O) groups excluding carboxylic acids is 2. The fourth-order valence-corrected chi connectivity index (χ4v) is 2.86. The maximum absolute atomic E-state index is 14.1. The molecule has 0 bridgehead atoms. The molecular formula is C15H12F5NO3. The lowest BCUT2D eigenvalue weighted by Crippen LogP contribution is -2.46. The van der Waals surface area contributed by atoms with Crippen LogP contribution in [0.3, 0.4) is 0 Å². The molecule has 1 saturated carbocycles. The van der Waals surface area contributed by atoms with Crippen LogP contribution < -0.4 is 4.90 Å². The van der Waals surface area contributed by atoms with Crippen molar-refractivity contribution >= 4 is 17.4 Å². The number of anilines is 1. The van der Waals surface area contributed by atoms with E-state index >= 15 is 0 Å². The minimum atomic E-state index is -2.16. The molecule has 3 rings (SSSR count). The van der Waals surface area contributed by atoms with Crippen LogP contribution in [0.5, 0.6) is 0 Å². The zero-order valence-corrected chi connectivity index (χ0v) is 12.4. The number of hydrogen-bond acceptors (Lipinski definition) is 4. The highest BCUT2D eigenvalue weighted by Gasteiger charge is 2.51. The van der Waals surface area contributed by atoms with Gasteiger partial charge in [0.25, 0.3) is 0 Å². The van der Waals surface area contributed by atoms with Gasteiger partial charge in [-0.2, -0.15) is 0 Å². The van der Waals surface area contributed by atoms with Crippen LogP contribution in [0.2, 0.25) is 0 Å². The number of esters is 1. The minimum Gasteiger partial charge on any atom is -0.465 e. The van der Waals surface area contributed by atoms with Gasteiger partial charge in [0.15, 0.2) is 29.1 Å². The topological polar surface area (TPSA) is 46.6 Å². The van der Waals surface area contributed by atoms with Crippen LogP contribution in [0, 0.1) is 29.2 Å². The maximum atomic E-state index is 14.1. The van der Waals surface area contributed by atoms with Crippen LogP contribution in [0.25, 0.3) is 0 Å². The molecule has 1 fully saturated rings. The van der Waals surface area contributed by atoms with Gasteiger partial charge < -0.3 is 9.64 Å². The largest absolute Gasteiger partial charge is 0.465 e. The molecule has 0 radical (unpaired) electrons. The molecule has 3 unspecified atom stereocenters. The van der Waals surface area contributed by atoms with E-state index in [2.05, 4.69) is 0 Å². The molecule has 1 aliphatic heterocycles. The van der Waals surface area contributed by atoms with E-state index in [-0.39, 0.29) is 13.0 Å². The minimum absolute atomic E-state index is 0.0524. The number of alkyl halides is 1. The van der Waals surface area contributed by atoms with Crippen molar-refractivity contribution in [3.8, 4) is 0 Å². The van der Waals surface area contributed by atoms with Crippen molar-refractivity contribution in [1.82, 2.24) is 0 Å². The van der Waals surface area contributed by atoms with Gasteiger partial charge in [-0.05, 0) is 6.92 Å². The highest BCUT2D eigenvalue weighted by molar-refractivity contribution is 6.14.